The predicted molar refractivity (Wildman–Crippen MR) is 159 cm³/mol. The third-order valence-electron chi connectivity index (χ3n) is 7.03. The number of nitrogens with two attached hydrogens (primary N) is 1. The number of hydrogen-bond donors (Lipinski definition) is 1. The van der Waals surface area contributed by atoms with Crippen LogP contribution < -0.4 is 5.73 Å². The van der Waals surface area contributed by atoms with Crippen LogP contribution in [0.4, 0.5) is 0 Å². The molecule has 2 N–H and O–H groups in total. The lowest BCUT2D eigenvalue weighted by Gasteiger charge is -2.26. The molecule has 1 saturated carbocycles. The first-order valence-corrected chi connectivity index (χ1v) is 14.0. The first-order valence-electron chi connectivity index (χ1n) is 14.0. The van der Waals surface area contributed by atoms with Crippen molar-refractivity contribution in [3.63, 3.8) is 0 Å². The number of hydrogen-bond acceptors (Lipinski definition) is 1. The van der Waals surface area contributed by atoms with Crippen molar-refractivity contribution in [2.75, 3.05) is 0 Å². The summed E-state index contributed by atoms with van der Waals surface area (Å²) in [6.07, 6.45) is 22.6. The normalized spacial score (nSPS) is 21.6. The van der Waals surface area contributed by atoms with Crippen molar-refractivity contribution in [3.05, 3.63) is 60.8 Å². The van der Waals surface area contributed by atoms with Gasteiger partial charge in [0.25, 0.3) is 0 Å². The minimum absolute atomic E-state index is 0.163. The summed E-state index contributed by atoms with van der Waals surface area (Å²) in [5.41, 5.74) is 10.5. The summed E-state index contributed by atoms with van der Waals surface area (Å²) in [4.78, 5) is 0. The molecule has 0 spiro atoms. The van der Waals surface area contributed by atoms with Gasteiger partial charge in [-0.25, -0.2) is 0 Å². The molecule has 0 aromatic heterocycles. The molecule has 3 atom stereocenters. The molecule has 0 aromatic carbocycles. The minimum Gasteiger partial charge on any atom is -0.325 e. The average Bonchev–Trinajstić information content (AvgIpc) is 3.12. The van der Waals surface area contributed by atoms with Gasteiger partial charge in [-0.15, -0.1) is 6.58 Å². The maximum atomic E-state index is 6.11. The first kappa shape index (κ1) is 34.8. The Hall–Kier alpha value is -1.34. The van der Waals surface area contributed by atoms with Gasteiger partial charge in [0, 0.05) is 5.54 Å². The standard InChI is InChI=1S/C15H24.C9H19N.C6H12.C3H6/c1-4-8-13(2)14(3)11-12-15-9-6-5-7-10-15;1-3-5-8-6-4-7-9(8,2)10;1-5(2)6(3)4;1-3-2/h6,9-10,14H,2,4-5,7-8,11-12H2,1,3H3;8H,3-7,10H2,1-2H3;6H,1H2,2-4H3;3H,1H2,2H3. The van der Waals surface area contributed by atoms with Crippen LogP contribution in [0.5, 0.6) is 0 Å². The molecule has 1 nitrogen and oxygen atoms in total. The maximum absolute atomic E-state index is 6.11. The van der Waals surface area contributed by atoms with Crippen LogP contribution in [0.1, 0.15) is 126 Å². The third-order valence-corrected chi connectivity index (χ3v) is 7.03. The van der Waals surface area contributed by atoms with E-state index in [0.717, 1.165) is 5.92 Å². The summed E-state index contributed by atoms with van der Waals surface area (Å²) in [6.45, 7) is 28.5. The zero-order valence-electron chi connectivity index (χ0n) is 24.5. The quantitative estimate of drug-likeness (QED) is 0.332. The number of rotatable bonds is 9. The van der Waals surface area contributed by atoms with Crippen molar-refractivity contribution in [2.45, 2.75) is 132 Å². The average molecular weight is 472 g/mol. The molecule has 1 heteroatoms. The Balaban J connectivity index is 0. The molecule has 2 aliphatic carbocycles. The Morgan fingerprint density at radius 3 is 2.15 bits per heavy atom. The van der Waals surface area contributed by atoms with Crippen molar-refractivity contribution < 1.29 is 0 Å². The monoisotopic (exact) mass is 471 g/mol. The minimum atomic E-state index is 0.163. The van der Waals surface area contributed by atoms with Crippen molar-refractivity contribution >= 4 is 0 Å². The summed E-state index contributed by atoms with van der Waals surface area (Å²) in [7, 11) is 0. The van der Waals surface area contributed by atoms with E-state index in [-0.39, 0.29) is 5.54 Å². The van der Waals surface area contributed by atoms with Crippen LogP contribution in [0, 0.1) is 17.8 Å². The van der Waals surface area contributed by atoms with Crippen LogP contribution in [0.15, 0.2) is 60.8 Å². The molecule has 34 heavy (non-hydrogen) atoms. The van der Waals surface area contributed by atoms with Gasteiger partial charge in [0.1, 0.15) is 0 Å². The summed E-state index contributed by atoms with van der Waals surface area (Å²) in [6, 6.07) is 0. The van der Waals surface area contributed by atoms with Crippen molar-refractivity contribution in [1.29, 1.82) is 0 Å². The van der Waals surface area contributed by atoms with Gasteiger partial charge in [-0.3, -0.25) is 0 Å². The third kappa shape index (κ3) is 18.0. The molecule has 0 bridgehead atoms. The van der Waals surface area contributed by atoms with Crippen LogP contribution >= 0.6 is 0 Å². The molecule has 0 saturated heterocycles. The van der Waals surface area contributed by atoms with Crippen LogP contribution in [-0.4, -0.2) is 5.54 Å². The molecule has 3 unspecified atom stereocenters. The van der Waals surface area contributed by atoms with Gasteiger partial charge in [-0.1, -0.05) is 108 Å². The molecule has 0 amide bonds. The highest BCUT2D eigenvalue weighted by Crippen LogP contribution is 2.36. The predicted octanol–water partition coefficient (Wildman–Crippen LogP) is 10.8. The van der Waals surface area contributed by atoms with E-state index in [2.05, 4.69) is 79.5 Å². The van der Waals surface area contributed by atoms with E-state index >= 15 is 0 Å². The summed E-state index contributed by atoms with van der Waals surface area (Å²) < 4.78 is 0. The fraction of sp³-hybridized carbons (Fsp3) is 0.697. The van der Waals surface area contributed by atoms with E-state index < -0.39 is 0 Å². The lowest BCUT2D eigenvalue weighted by molar-refractivity contribution is 0.324. The lowest BCUT2D eigenvalue weighted by Crippen LogP contribution is -2.39. The van der Waals surface area contributed by atoms with E-state index in [1.165, 1.54) is 87.3 Å². The van der Waals surface area contributed by atoms with Gasteiger partial charge in [0.05, 0.1) is 0 Å². The van der Waals surface area contributed by atoms with Gasteiger partial charge in [-0.05, 0) is 89.9 Å². The molecule has 0 heterocycles. The summed E-state index contributed by atoms with van der Waals surface area (Å²) in [5.74, 6) is 2.14. The molecule has 1 fully saturated rings. The van der Waals surface area contributed by atoms with Crippen LogP contribution in [0.25, 0.3) is 0 Å². The van der Waals surface area contributed by atoms with E-state index in [0.29, 0.717) is 11.8 Å². The number of allylic oxidation sites excluding steroid dienone is 7. The maximum Gasteiger partial charge on any atom is 0.0154 e. The van der Waals surface area contributed by atoms with Gasteiger partial charge >= 0.3 is 0 Å². The molecule has 0 aliphatic heterocycles. The smallest absolute Gasteiger partial charge is 0.0154 e. The highest BCUT2D eigenvalue weighted by atomic mass is 14.8. The lowest BCUT2D eigenvalue weighted by atomic mass is 9.87. The van der Waals surface area contributed by atoms with Crippen molar-refractivity contribution in [3.8, 4) is 0 Å². The van der Waals surface area contributed by atoms with Crippen LogP contribution in [0.3, 0.4) is 0 Å². The van der Waals surface area contributed by atoms with Gasteiger partial charge < -0.3 is 5.73 Å². The van der Waals surface area contributed by atoms with E-state index in [9.17, 15) is 0 Å². The van der Waals surface area contributed by atoms with Crippen LogP contribution in [-0.2, 0) is 0 Å². The van der Waals surface area contributed by atoms with E-state index in [4.69, 9.17) is 5.73 Å². The molecular weight excluding hydrogens is 410 g/mol. The molecule has 0 aromatic rings. The summed E-state index contributed by atoms with van der Waals surface area (Å²) in [5, 5.41) is 0. The summed E-state index contributed by atoms with van der Waals surface area (Å²) >= 11 is 0. The Bertz CT molecular complexity index is 602. The zero-order chi connectivity index (χ0) is 26.6. The Morgan fingerprint density at radius 2 is 1.76 bits per heavy atom. The van der Waals surface area contributed by atoms with E-state index in [1.807, 2.05) is 13.8 Å². The molecule has 2 aliphatic rings. The fourth-order valence-electron chi connectivity index (χ4n) is 4.09. The highest BCUT2D eigenvalue weighted by molar-refractivity contribution is 5.22. The van der Waals surface area contributed by atoms with Crippen molar-refractivity contribution in [2.24, 2.45) is 23.5 Å². The SMILES string of the molecule is C=C(C)C(C)C.C=C(CCC)C(C)CCC1=CCCC=C1.C=CC.CCCC1CCCC1(C)N. The topological polar surface area (TPSA) is 26.0 Å². The van der Waals surface area contributed by atoms with Crippen molar-refractivity contribution in [1.82, 2.24) is 0 Å². The highest BCUT2D eigenvalue weighted by Gasteiger charge is 2.33. The van der Waals surface area contributed by atoms with Gasteiger partial charge in [0.15, 0.2) is 0 Å². The second kappa shape index (κ2) is 21.0. The Morgan fingerprint density at radius 1 is 1.18 bits per heavy atom. The largest absolute Gasteiger partial charge is 0.325 e. The molecule has 0 radical (unpaired) electrons. The van der Waals surface area contributed by atoms with Gasteiger partial charge in [-0.2, -0.15) is 0 Å². The zero-order valence-corrected chi connectivity index (χ0v) is 24.5. The van der Waals surface area contributed by atoms with Crippen LogP contribution in [0.2, 0.25) is 0 Å². The molecular formula is C33H61N. The molecule has 2 rings (SSSR count). The molecule has 198 valence electrons. The van der Waals surface area contributed by atoms with E-state index in [1.54, 1.807) is 6.08 Å². The fourth-order valence-corrected chi connectivity index (χ4v) is 4.09. The second-order valence-corrected chi connectivity index (χ2v) is 10.9. The first-order chi connectivity index (χ1) is 16.0. The Labute approximate surface area is 215 Å². The second-order valence-electron chi connectivity index (χ2n) is 10.9. The van der Waals surface area contributed by atoms with Gasteiger partial charge in [0.2, 0.25) is 0 Å². The Kier molecular flexibility index (Phi) is 21.5.